The quantitative estimate of drug-likeness (QED) is 0.595. The van der Waals surface area contributed by atoms with Crippen molar-refractivity contribution < 1.29 is 9.90 Å². The van der Waals surface area contributed by atoms with Crippen molar-refractivity contribution in [2.24, 2.45) is 0 Å². The Kier molecular flexibility index (Phi) is 2.64. The lowest BCUT2D eigenvalue weighted by Gasteiger charge is -2.22. The molecule has 1 unspecified atom stereocenters. The van der Waals surface area contributed by atoms with E-state index in [4.69, 9.17) is 0 Å². The molecule has 1 aliphatic heterocycles. The first-order chi connectivity index (χ1) is 8.72. The molecule has 1 aliphatic rings. The van der Waals surface area contributed by atoms with Gasteiger partial charge in [0.25, 0.3) is 0 Å². The van der Waals surface area contributed by atoms with E-state index in [2.05, 4.69) is 20.6 Å². The number of nitrogens with one attached hydrogen (secondary N) is 3. The highest BCUT2D eigenvalue weighted by Gasteiger charge is 2.22. The Hall–Kier alpha value is -2.08. The molecule has 1 aromatic heterocycles. The first-order valence-electron chi connectivity index (χ1n) is 5.91. The third kappa shape index (κ3) is 2.02. The van der Waals surface area contributed by atoms with Crippen molar-refractivity contribution in [1.29, 1.82) is 0 Å². The molecular weight excluding hydrogens is 232 g/mol. The van der Waals surface area contributed by atoms with Crippen molar-refractivity contribution in [2.75, 3.05) is 13.1 Å². The SMILES string of the molecule is O=C1NCCNC1Cc1nc2ccc(O)cc2[nH]1. The van der Waals surface area contributed by atoms with Crippen LogP contribution in [0.2, 0.25) is 0 Å². The minimum Gasteiger partial charge on any atom is -0.508 e. The molecule has 6 nitrogen and oxygen atoms in total. The van der Waals surface area contributed by atoms with E-state index in [1.54, 1.807) is 18.2 Å². The molecule has 18 heavy (non-hydrogen) atoms. The van der Waals surface area contributed by atoms with E-state index in [-0.39, 0.29) is 17.7 Å². The van der Waals surface area contributed by atoms with E-state index >= 15 is 0 Å². The molecule has 0 radical (unpaired) electrons. The van der Waals surface area contributed by atoms with Gasteiger partial charge in [-0.1, -0.05) is 0 Å². The molecule has 2 aromatic rings. The number of carbonyl (C=O) groups is 1. The van der Waals surface area contributed by atoms with E-state index in [1.165, 1.54) is 0 Å². The van der Waals surface area contributed by atoms with Gasteiger partial charge in [0.15, 0.2) is 0 Å². The number of phenolic OH excluding ortho intramolecular Hbond substituents is 1. The summed E-state index contributed by atoms with van der Waals surface area (Å²) < 4.78 is 0. The standard InChI is InChI=1S/C12H14N4O2/c17-7-1-2-8-9(5-7)16-11(15-8)6-10-12(18)14-4-3-13-10/h1-2,5,10,13,17H,3-4,6H2,(H,14,18)(H,15,16). The molecule has 1 atom stereocenters. The molecule has 94 valence electrons. The normalized spacial score (nSPS) is 20.0. The Morgan fingerprint density at radius 2 is 2.28 bits per heavy atom. The van der Waals surface area contributed by atoms with Crippen molar-refractivity contribution in [3.05, 3.63) is 24.0 Å². The van der Waals surface area contributed by atoms with Crippen LogP contribution in [0.1, 0.15) is 5.82 Å². The van der Waals surface area contributed by atoms with E-state index in [1.807, 2.05) is 0 Å². The summed E-state index contributed by atoms with van der Waals surface area (Å²) in [6, 6.07) is 4.73. The van der Waals surface area contributed by atoms with E-state index in [0.29, 0.717) is 13.0 Å². The second kappa shape index (κ2) is 4.30. The fraction of sp³-hybridized carbons (Fsp3) is 0.333. The van der Waals surface area contributed by atoms with Crippen molar-refractivity contribution in [2.45, 2.75) is 12.5 Å². The van der Waals surface area contributed by atoms with Crippen LogP contribution >= 0.6 is 0 Å². The molecule has 0 bridgehead atoms. The second-order valence-electron chi connectivity index (χ2n) is 4.39. The highest BCUT2D eigenvalue weighted by atomic mass is 16.3. The lowest BCUT2D eigenvalue weighted by Crippen LogP contribution is -2.53. The third-order valence-corrected chi connectivity index (χ3v) is 3.04. The van der Waals surface area contributed by atoms with Crippen LogP contribution in [0, 0.1) is 0 Å². The van der Waals surface area contributed by atoms with E-state index in [0.717, 1.165) is 23.4 Å². The molecule has 6 heteroatoms. The number of piperazine rings is 1. The molecule has 0 spiro atoms. The number of nitrogens with zero attached hydrogens (tertiary/aromatic N) is 1. The zero-order chi connectivity index (χ0) is 12.5. The average Bonchev–Trinajstić information content (AvgIpc) is 2.73. The predicted octanol–water partition coefficient (Wildman–Crippen LogP) is -0.101. The topological polar surface area (TPSA) is 90.0 Å². The molecule has 1 amide bonds. The van der Waals surface area contributed by atoms with Gasteiger partial charge in [-0.25, -0.2) is 4.98 Å². The molecule has 1 fully saturated rings. The number of benzene rings is 1. The summed E-state index contributed by atoms with van der Waals surface area (Å²) in [4.78, 5) is 19.1. The lowest BCUT2D eigenvalue weighted by atomic mass is 10.1. The number of rotatable bonds is 2. The molecule has 0 saturated carbocycles. The molecule has 2 heterocycles. The van der Waals surface area contributed by atoms with E-state index < -0.39 is 0 Å². The number of aromatic hydroxyl groups is 1. The summed E-state index contributed by atoms with van der Waals surface area (Å²) in [5.74, 6) is 0.945. The average molecular weight is 246 g/mol. The fourth-order valence-electron chi connectivity index (χ4n) is 2.15. The Labute approximate surface area is 103 Å². The van der Waals surface area contributed by atoms with Gasteiger partial charge in [0.2, 0.25) is 5.91 Å². The van der Waals surface area contributed by atoms with Crippen molar-refractivity contribution in [1.82, 2.24) is 20.6 Å². The van der Waals surface area contributed by atoms with Crippen LogP contribution in [0.4, 0.5) is 0 Å². The van der Waals surface area contributed by atoms with Gasteiger partial charge in [0.05, 0.1) is 17.1 Å². The largest absolute Gasteiger partial charge is 0.508 e. The number of fused-ring (bicyclic) bond motifs is 1. The summed E-state index contributed by atoms with van der Waals surface area (Å²) in [5.41, 5.74) is 1.57. The molecule has 3 rings (SSSR count). The van der Waals surface area contributed by atoms with Gasteiger partial charge < -0.3 is 20.7 Å². The number of hydrogen-bond donors (Lipinski definition) is 4. The molecule has 1 saturated heterocycles. The van der Waals surface area contributed by atoms with Crippen LogP contribution < -0.4 is 10.6 Å². The Bertz CT molecular complexity index is 593. The summed E-state index contributed by atoms with van der Waals surface area (Å²) in [5, 5.41) is 15.3. The number of imidazole rings is 1. The van der Waals surface area contributed by atoms with Crippen LogP contribution in [-0.4, -0.2) is 40.1 Å². The highest BCUT2D eigenvalue weighted by Crippen LogP contribution is 2.18. The summed E-state index contributed by atoms with van der Waals surface area (Å²) in [7, 11) is 0. The third-order valence-electron chi connectivity index (χ3n) is 3.04. The van der Waals surface area contributed by atoms with Crippen LogP contribution in [0.25, 0.3) is 11.0 Å². The smallest absolute Gasteiger partial charge is 0.237 e. The van der Waals surface area contributed by atoms with Gasteiger partial charge in [-0.15, -0.1) is 0 Å². The van der Waals surface area contributed by atoms with Gasteiger partial charge in [0, 0.05) is 25.6 Å². The van der Waals surface area contributed by atoms with Gasteiger partial charge in [0.1, 0.15) is 11.6 Å². The van der Waals surface area contributed by atoms with Crippen molar-refractivity contribution in [3.63, 3.8) is 0 Å². The second-order valence-corrected chi connectivity index (χ2v) is 4.39. The predicted molar refractivity (Wildman–Crippen MR) is 66.3 cm³/mol. The number of H-pyrrole nitrogens is 1. The number of amides is 1. The summed E-state index contributed by atoms with van der Waals surface area (Å²) in [6.07, 6.45) is 0.515. The maximum atomic E-state index is 11.6. The number of aromatic nitrogens is 2. The highest BCUT2D eigenvalue weighted by molar-refractivity contribution is 5.83. The summed E-state index contributed by atoms with van der Waals surface area (Å²) >= 11 is 0. The lowest BCUT2D eigenvalue weighted by molar-refractivity contribution is -0.124. The van der Waals surface area contributed by atoms with Gasteiger partial charge >= 0.3 is 0 Å². The number of hydrogen-bond acceptors (Lipinski definition) is 4. The van der Waals surface area contributed by atoms with Crippen LogP contribution in [0.15, 0.2) is 18.2 Å². The first kappa shape index (κ1) is 11.0. The van der Waals surface area contributed by atoms with E-state index in [9.17, 15) is 9.90 Å². The monoisotopic (exact) mass is 246 g/mol. The van der Waals surface area contributed by atoms with Crippen molar-refractivity contribution in [3.8, 4) is 5.75 Å². The molecule has 4 N–H and O–H groups in total. The first-order valence-corrected chi connectivity index (χ1v) is 5.91. The van der Waals surface area contributed by atoms with Crippen LogP contribution in [-0.2, 0) is 11.2 Å². The fourth-order valence-corrected chi connectivity index (χ4v) is 2.15. The summed E-state index contributed by atoms with van der Waals surface area (Å²) in [6.45, 7) is 1.45. The van der Waals surface area contributed by atoms with Gasteiger partial charge in [-0.2, -0.15) is 0 Å². The molecular formula is C12H14N4O2. The minimum absolute atomic E-state index is 0.00422. The molecule has 0 aliphatic carbocycles. The minimum atomic E-state index is -0.243. The zero-order valence-electron chi connectivity index (χ0n) is 9.73. The van der Waals surface area contributed by atoms with Crippen LogP contribution in [0.3, 0.4) is 0 Å². The number of aromatic amines is 1. The van der Waals surface area contributed by atoms with Crippen molar-refractivity contribution >= 4 is 16.9 Å². The van der Waals surface area contributed by atoms with Crippen LogP contribution in [0.5, 0.6) is 5.75 Å². The Morgan fingerprint density at radius 3 is 3.11 bits per heavy atom. The molecule has 1 aromatic carbocycles. The van der Waals surface area contributed by atoms with Gasteiger partial charge in [-0.3, -0.25) is 4.79 Å². The number of phenols is 1. The zero-order valence-corrected chi connectivity index (χ0v) is 9.73. The number of carbonyl (C=O) groups excluding carboxylic acids is 1. The maximum absolute atomic E-state index is 11.6. The Balaban J connectivity index is 1.84. The Morgan fingerprint density at radius 1 is 1.39 bits per heavy atom. The van der Waals surface area contributed by atoms with Gasteiger partial charge in [-0.05, 0) is 12.1 Å². The maximum Gasteiger partial charge on any atom is 0.237 e.